The van der Waals surface area contributed by atoms with Crippen molar-refractivity contribution in [1.82, 2.24) is 10.6 Å². The zero-order valence-corrected chi connectivity index (χ0v) is 22.7. The zero-order valence-electron chi connectivity index (χ0n) is 21.8. The van der Waals surface area contributed by atoms with Gasteiger partial charge in [-0.1, -0.05) is 0 Å². The van der Waals surface area contributed by atoms with Crippen molar-refractivity contribution >= 4 is 48.1 Å². The molecule has 0 aromatic heterocycles. The van der Waals surface area contributed by atoms with Crippen molar-refractivity contribution in [1.29, 1.82) is 0 Å². The molecule has 0 aliphatic rings. The number of aliphatic hydroxyl groups is 2. The molecule has 0 spiro atoms. The van der Waals surface area contributed by atoms with E-state index in [1.54, 1.807) is 0 Å². The SMILES string of the molecule is CC(C)(C)NCC(O)c1cc(O)cc(O)c1.CC(C)(C)NCC(O)c1cc(O)cc(O)c1.O=S(=O)(O)O.[CaH2]. The molecule has 0 saturated heterocycles. The van der Waals surface area contributed by atoms with Crippen LogP contribution in [-0.2, 0) is 10.4 Å². The molecule has 0 bridgehead atoms. The number of phenols is 4. The number of rotatable bonds is 6. The van der Waals surface area contributed by atoms with Crippen molar-refractivity contribution in [2.24, 2.45) is 0 Å². The van der Waals surface area contributed by atoms with Crippen molar-refractivity contribution in [2.75, 3.05) is 13.1 Å². The van der Waals surface area contributed by atoms with E-state index in [1.165, 1.54) is 36.4 Å². The molecule has 2 atom stereocenters. The third-order valence-corrected chi connectivity index (χ3v) is 4.27. The van der Waals surface area contributed by atoms with E-state index in [1.807, 2.05) is 41.5 Å². The van der Waals surface area contributed by atoms with E-state index >= 15 is 0 Å². The first-order valence-electron chi connectivity index (χ1n) is 11.2. The van der Waals surface area contributed by atoms with E-state index in [4.69, 9.17) is 17.5 Å². The summed E-state index contributed by atoms with van der Waals surface area (Å²) in [5, 5.41) is 63.1. The van der Waals surface area contributed by atoms with E-state index in [0.29, 0.717) is 24.2 Å². The standard InChI is InChI=1S/2C12H19NO3.Ca.H2O4S.2H/c2*1-12(2,3)13-7-11(16)8-4-9(14)6-10(15)5-8;;1-5(2,3)4;;/h2*4-6,11,13-16H,7H2,1-3H3;;(H2,1,2,3,4);;. The molecule has 10 N–H and O–H groups in total. The van der Waals surface area contributed by atoms with Gasteiger partial charge >= 0.3 is 48.1 Å². The van der Waals surface area contributed by atoms with Crippen LogP contribution in [0, 0.1) is 0 Å². The van der Waals surface area contributed by atoms with E-state index in [0.717, 1.165) is 0 Å². The number of benzene rings is 2. The molecule has 2 aromatic rings. The van der Waals surface area contributed by atoms with Crippen LogP contribution in [0.4, 0.5) is 0 Å². The van der Waals surface area contributed by atoms with Crippen LogP contribution in [0.1, 0.15) is 64.9 Å². The van der Waals surface area contributed by atoms with Gasteiger partial charge in [-0.25, -0.2) is 0 Å². The number of aromatic hydroxyl groups is 4. The van der Waals surface area contributed by atoms with Crippen molar-refractivity contribution < 1.29 is 48.2 Å². The number of hydrogen-bond donors (Lipinski definition) is 10. The minimum absolute atomic E-state index is 0. The second-order valence-electron chi connectivity index (χ2n) is 10.3. The van der Waals surface area contributed by atoms with Crippen LogP contribution >= 0.6 is 0 Å². The van der Waals surface area contributed by atoms with E-state index in [9.17, 15) is 30.6 Å². The van der Waals surface area contributed by atoms with Crippen LogP contribution in [-0.4, -0.2) is 110 Å². The van der Waals surface area contributed by atoms with Crippen molar-refractivity contribution in [3.63, 3.8) is 0 Å². The molecule has 0 fully saturated rings. The van der Waals surface area contributed by atoms with Crippen LogP contribution < -0.4 is 10.6 Å². The fraction of sp³-hybridized carbons (Fsp3) is 0.500. The Bertz CT molecular complexity index is 967. The third kappa shape index (κ3) is 21.5. The Morgan fingerprint density at radius 2 is 0.842 bits per heavy atom. The van der Waals surface area contributed by atoms with E-state index < -0.39 is 22.6 Å². The molecule has 2 rings (SSSR count). The van der Waals surface area contributed by atoms with Gasteiger partial charge in [-0.3, -0.25) is 9.11 Å². The number of aliphatic hydroxyl groups excluding tert-OH is 2. The maximum atomic E-state index is 9.85. The summed E-state index contributed by atoms with van der Waals surface area (Å²) in [6.45, 7) is 12.7. The minimum atomic E-state index is -4.67. The third-order valence-electron chi connectivity index (χ3n) is 4.27. The van der Waals surface area contributed by atoms with Gasteiger partial charge in [0, 0.05) is 36.3 Å². The summed E-state index contributed by atoms with van der Waals surface area (Å²) in [5.41, 5.74) is 0.822. The van der Waals surface area contributed by atoms with Crippen LogP contribution in [0.3, 0.4) is 0 Å². The zero-order chi connectivity index (χ0) is 29.2. The summed E-state index contributed by atoms with van der Waals surface area (Å²) in [6.07, 6.45) is -1.51. The Morgan fingerprint density at radius 1 is 0.632 bits per heavy atom. The Hall–Kier alpha value is -1.39. The summed E-state index contributed by atoms with van der Waals surface area (Å²) in [6, 6.07) is 8.22. The fourth-order valence-electron chi connectivity index (χ4n) is 2.66. The monoisotopic (exact) mass is 590 g/mol. The van der Waals surface area contributed by atoms with Gasteiger partial charge in [0.1, 0.15) is 23.0 Å². The normalized spacial score (nSPS) is 13.1. The average Bonchev–Trinajstić information content (AvgIpc) is 2.67. The predicted molar refractivity (Wildman–Crippen MR) is 148 cm³/mol. The number of nitrogens with one attached hydrogen (secondary N) is 2. The topological polar surface area (TPSA) is 220 Å². The van der Waals surface area contributed by atoms with Crippen molar-refractivity contribution in [2.45, 2.75) is 64.8 Å². The van der Waals surface area contributed by atoms with Crippen LogP contribution in [0.5, 0.6) is 23.0 Å². The fourth-order valence-corrected chi connectivity index (χ4v) is 2.66. The summed E-state index contributed by atoms with van der Waals surface area (Å²) >= 11 is 0. The van der Waals surface area contributed by atoms with Gasteiger partial charge in [-0.05, 0) is 76.9 Å². The molecule has 0 aliphatic carbocycles. The van der Waals surface area contributed by atoms with Crippen molar-refractivity contribution in [3.05, 3.63) is 47.5 Å². The first-order chi connectivity index (χ1) is 16.6. The van der Waals surface area contributed by atoms with Gasteiger partial charge in [0.25, 0.3) is 0 Å². The molecule has 0 aliphatic heterocycles. The summed E-state index contributed by atoms with van der Waals surface area (Å²) in [5.74, 6) is -0.204. The predicted octanol–water partition coefficient (Wildman–Crippen LogP) is 1.47. The molecular weight excluding hydrogens is 548 g/mol. The summed E-state index contributed by atoms with van der Waals surface area (Å²) in [4.78, 5) is 0. The van der Waals surface area contributed by atoms with Gasteiger partial charge in [-0.15, -0.1) is 0 Å². The first kappa shape index (κ1) is 38.8. The second-order valence-corrected chi connectivity index (χ2v) is 11.2. The number of phenolic OH excluding ortho intramolecular Hbond substituents is 4. The quantitative estimate of drug-likeness (QED) is 0.171. The molecule has 12 nitrogen and oxygen atoms in total. The van der Waals surface area contributed by atoms with Crippen LogP contribution in [0.15, 0.2) is 36.4 Å². The van der Waals surface area contributed by atoms with E-state index in [-0.39, 0.29) is 71.8 Å². The summed E-state index contributed by atoms with van der Waals surface area (Å²) < 4.78 is 31.6. The average molecular weight is 591 g/mol. The number of hydrogen-bond acceptors (Lipinski definition) is 10. The van der Waals surface area contributed by atoms with Gasteiger partial charge < -0.3 is 41.3 Å². The molecule has 2 aromatic carbocycles. The molecule has 0 heterocycles. The molecule has 38 heavy (non-hydrogen) atoms. The Balaban J connectivity index is 0. The second kappa shape index (κ2) is 16.7. The molecule has 0 radical (unpaired) electrons. The van der Waals surface area contributed by atoms with Gasteiger partial charge in [0.15, 0.2) is 0 Å². The van der Waals surface area contributed by atoms with Gasteiger partial charge in [-0.2, -0.15) is 8.42 Å². The Kier molecular flexibility index (Phi) is 17.0. The maximum absolute atomic E-state index is 9.85. The first-order valence-corrected chi connectivity index (χ1v) is 12.6. The van der Waals surface area contributed by atoms with Crippen LogP contribution in [0.2, 0.25) is 0 Å². The molecule has 2 unspecified atom stereocenters. The molecule has 216 valence electrons. The van der Waals surface area contributed by atoms with Crippen LogP contribution in [0.25, 0.3) is 0 Å². The molecule has 0 amide bonds. The number of β-amino-alcohol motifs (C(OH)–C–C–N with tert-alkyl or cyclic N) is 2. The Labute approximate surface area is 253 Å². The van der Waals surface area contributed by atoms with Crippen molar-refractivity contribution in [3.8, 4) is 23.0 Å². The molecular formula is C24H42CaN2O10S. The molecule has 14 heteroatoms. The Morgan fingerprint density at radius 3 is 1.03 bits per heavy atom. The van der Waals surface area contributed by atoms with Gasteiger partial charge in [0.2, 0.25) is 0 Å². The van der Waals surface area contributed by atoms with E-state index in [2.05, 4.69) is 10.6 Å². The summed E-state index contributed by atoms with van der Waals surface area (Å²) in [7, 11) is -4.67. The molecule has 0 saturated carbocycles. The van der Waals surface area contributed by atoms with Gasteiger partial charge in [0.05, 0.1) is 12.2 Å².